The summed E-state index contributed by atoms with van der Waals surface area (Å²) >= 11 is 0. The van der Waals surface area contributed by atoms with Crippen LogP contribution in [0.25, 0.3) is 0 Å². The van der Waals surface area contributed by atoms with Crippen molar-refractivity contribution < 1.29 is 9.47 Å². The number of hydrogen-bond donors (Lipinski definition) is 0. The molecule has 0 N–H and O–H groups in total. The molecule has 4 aliphatic rings. The number of nitrogens with zero attached hydrogens (tertiary/aromatic N) is 1. The van der Waals surface area contributed by atoms with Crippen LogP contribution in [0.15, 0.2) is 35.6 Å². The molecule has 1 aromatic carbocycles. The Hall–Kier alpha value is -1.74. The number of piperidine rings is 1. The first-order valence-electron chi connectivity index (χ1n) is 8.13. The maximum atomic E-state index is 6.50. The molecule has 5 rings (SSSR count). The van der Waals surface area contributed by atoms with E-state index in [0.717, 1.165) is 30.9 Å². The molecule has 1 fully saturated rings. The Balaban J connectivity index is 1.86. The van der Waals surface area contributed by atoms with Gasteiger partial charge in [0.25, 0.3) is 0 Å². The summed E-state index contributed by atoms with van der Waals surface area (Å²) in [6.45, 7) is 3.27. The molecule has 2 unspecified atom stereocenters. The third-order valence-electron chi connectivity index (χ3n) is 6.17. The predicted octanol–water partition coefficient (Wildman–Crippen LogP) is 2.72. The molecule has 0 aromatic heterocycles. The van der Waals surface area contributed by atoms with Crippen LogP contribution in [0.3, 0.4) is 0 Å². The van der Waals surface area contributed by atoms with Crippen LogP contribution in [-0.2, 0) is 16.6 Å². The van der Waals surface area contributed by atoms with Gasteiger partial charge in [-0.2, -0.15) is 0 Å². The predicted molar refractivity (Wildman–Crippen MR) is 85.2 cm³/mol. The Labute approximate surface area is 131 Å². The van der Waals surface area contributed by atoms with E-state index in [9.17, 15) is 0 Å². The lowest BCUT2D eigenvalue weighted by molar-refractivity contribution is 0.0741. The van der Waals surface area contributed by atoms with E-state index in [1.807, 2.05) is 0 Å². The number of likely N-dealkylation sites (N-methyl/N-ethyl adjacent to an activating group) is 1. The Morgan fingerprint density at radius 1 is 1.32 bits per heavy atom. The van der Waals surface area contributed by atoms with Gasteiger partial charge in [-0.3, -0.25) is 4.90 Å². The summed E-state index contributed by atoms with van der Waals surface area (Å²) in [5.74, 6) is 2.08. The van der Waals surface area contributed by atoms with Gasteiger partial charge < -0.3 is 9.47 Å². The highest BCUT2D eigenvalue weighted by atomic mass is 16.5. The van der Waals surface area contributed by atoms with Crippen LogP contribution in [0.2, 0.25) is 0 Å². The molecule has 22 heavy (non-hydrogen) atoms. The van der Waals surface area contributed by atoms with Gasteiger partial charge in [-0.25, -0.2) is 0 Å². The minimum atomic E-state index is 0.00616. The molecular formula is C19H21NO2. The number of rotatable bonds is 1. The lowest BCUT2D eigenvalue weighted by atomic mass is 9.57. The molecule has 1 spiro atoms. The molecule has 1 saturated heterocycles. The van der Waals surface area contributed by atoms with Gasteiger partial charge in [0.05, 0.1) is 12.5 Å². The van der Waals surface area contributed by atoms with Crippen molar-refractivity contribution in [1.29, 1.82) is 0 Å². The van der Waals surface area contributed by atoms with Crippen molar-refractivity contribution in [3.05, 3.63) is 52.3 Å². The van der Waals surface area contributed by atoms with Crippen LogP contribution in [0, 0.1) is 6.92 Å². The minimum absolute atomic E-state index is 0.00616. The molecule has 2 aliphatic carbocycles. The molecule has 2 heterocycles. The first kappa shape index (κ1) is 12.8. The zero-order valence-corrected chi connectivity index (χ0v) is 13.3. The number of likely N-dealkylation sites (tertiary alicyclic amines) is 1. The molecule has 0 radical (unpaired) electrons. The van der Waals surface area contributed by atoms with Crippen LogP contribution in [-0.4, -0.2) is 37.7 Å². The van der Waals surface area contributed by atoms with E-state index in [1.165, 1.54) is 22.3 Å². The standard InChI is InChI=1S/C19H21NO2/c1-11-4-5-12-10-14-13-6-7-15(21-3)18-19(13,8-9-20(14)2)16(12)17(11)22-18/h4-7,14,18H,8-10H2,1-3H3/t14?,18?,19-/m0/s1. The van der Waals surface area contributed by atoms with Gasteiger partial charge in [-0.15, -0.1) is 0 Å². The van der Waals surface area contributed by atoms with Crippen molar-refractivity contribution in [3.8, 4) is 5.75 Å². The van der Waals surface area contributed by atoms with Crippen LogP contribution < -0.4 is 4.74 Å². The summed E-state index contributed by atoms with van der Waals surface area (Å²) in [5, 5.41) is 0. The molecule has 114 valence electrons. The van der Waals surface area contributed by atoms with Crippen LogP contribution in [0.5, 0.6) is 5.75 Å². The fraction of sp³-hybridized carbons (Fsp3) is 0.474. The van der Waals surface area contributed by atoms with E-state index >= 15 is 0 Å². The van der Waals surface area contributed by atoms with Gasteiger partial charge in [0, 0.05) is 11.6 Å². The van der Waals surface area contributed by atoms with Gasteiger partial charge in [-0.1, -0.05) is 18.2 Å². The largest absolute Gasteiger partial charge is 0.497 e. The Bertz CT molecular complexity index is 748. The molecule has 0 amide bonds. The fourth-order valence-corrected chi connectivity index (χ4v) is 5.10. The smallest absolute Gasteiger partial charge is 0.169 e. The monoisotopic (exact) mass is 295 g/mol. The van der Waals surface area contributed by atoms with Gasteiger partial charge >= 0.3 is 0 Å². The molecule has 1 aromatic rings. The maximum Gasteiger partial charge on any atom is 0.169 e. The van der Waals surface area contributed by atoms with Crippen molar-refractivity contribution in [2.75, 3.05) is 20.7 Å². The maximum absolute atomic E-state index is 6.50. The van der Waals surface area contributed by atoms with Gasteiger partial charge in [0.2, 0.25) is 0 Å². The van der Waals surface area contributed by atoms with E-state index in [0.29, 0.717) is 6.04 Å². The Kier molecular flexibility index (Phi) is 2.30. The van der Waals surface area contributed by atoms with E-state index in [1.54, 1.807) is 7.11 Å². The zero-order valence-electron chi connectivity index (χ0n) is 13.3. The van der Waals surface area contributed by atoms with E-state index in [4.69, 9.17) is 9.47 Å². The zero-order chi connectivity index (χ0) is 15.1. The van der Waals surface area contributed by atoms with Crippen LogP contribution in [0.4, 0.5) is 0 Å². The first-order valence-corrected chi connectivity index (χ1v) is 8.13. The molecular weight excluding hydrogens is 274 g/mol. The summed E-state index contributed by atoms with van der Waals surface area (Å²) in [6.07, 6.45) is 6.65. The van der Waals surface area contributed by atoms with Crippen LogP contribution >= 0.6 is 0 Å². The third kappa shape index (κ3) is 1.24. The molecule has 3 heteroatoms. The summed E-state index contributed by atoms with van der Waals surface area (Å²) in [7, 11) is 4.01. The van der Waals surface area contributed by atoms with E-state index in [-0.39, 0.29) is 11.5 Å². The van der Waals surface area contributed by atoms with Crippen molar-refractivity contribution in [1.82, 2.24) is 4.90 Å². The Morgan fingerprint density at radius 3 is 3.00 bits per heavy atom. The van der Waals surface area contributed by atoms with Crippen molar-refractivity contribution in [3.63, 3.8) is 0 Å². The Morgan fingerprint density at radius 2 is 2.18 bits per heavy atom. The quantitative estimate of drug-likeness (QED) is 0.795. The summed E-state index contributed by atoms with van der Waals surface area (Å²) < 4.78 is 12.2. The highest BCUT2D eigenvalue weighted by molar-refractivity contribution is 5.65. The molecule has 2 bridgehead atoms. The SMILES string of the molecule is COC1=CC=C2C3Cc4ccc(C)c5c4[C@@]2(CCN3C)C1O5. The normalized spacial score (nSPS) is 34.5. The molecule has 3 atom stereocenters. The van der Waals surface area contributed by atoms with Crippen molar-refractivity contribution in [2.45, 2.75) is 37.3 Å². The molecule has 3 nitrogen and oxygen atoms in total. The van der Waals surface area contributed by atoms with Gasteiger partial charge in [0.15, 0.2) is 6.10 Å². The third-order valence-corrected chi connectivity index (χ3v) is 6.17. The second kappa shape index (κ2) is 3.96. The number of aryl methyl sites for hydroxylation is 1. The lowest BCUT2D eigenvalue weighted by Crippen LogP contribution is -2.58. The van der Waals surface area contributed by atoms with Crippen molar-refractivity contribution in [2.24, 2.45) is 0 Å². The van der Waals surface area contributed by atoms with Gasteiger partial charge in [-0.05, 0) is 56.1 Å². The summed E-state index contributed by atoms with van der Waals surface area (Å²) in [5.41, 5.74) is 5.70. The second-order valence-electron chi connectivity index (χ2n) is 7.06. The van der Waals surface area contributed by atoms with Gasteiger partial charge in [0.1, 0.15) is 11.5 Å². The number of allylic oxidation sites excluding steroid dienone is 2. The number of benzene rings is 1. The van der Waals surface area contributed by atoms with Crippen molar-refractivity contribution >= 4 is 0 Å². The fourth-order valence-electron chi connectivity index (χ4n) is 5.10. The number of ether oxygens (including phenoxy) is 2. The highest BCUT2D eigenvalue weighted by Crippen LogP contribution is 2.61. The first-order chi connectivity index (χ1) is 10.7. The number of hydrogen-bond acceptors (Lipinski definition) is 3. The second-order valence-corrected chi connectivity index (χ2v) is 7.06. The highest BCUT2D eigenvalue weighted by Gasteiger charge is 2.61. The summed E-state index contributed by atoms with van der Waals surface area (Å²) in [6, 6.07) is 5.02. The van der Waals surface area contributed by atoms with Crippen LogP contribution in [0.1, 0.15) is 23.1 Å². The lowest BCUT2D eigenvalue weighted by Gasteiger charge is -2.52. The minimum Gasteiger partial charge on any atom is -0.497 e. The average Bonchev–Trinajstić information content (AvgIpc) is 2.88. The average molecular weight is 295 g/mol. The molecule has 2 aliphatic heterocycles. The van der Waals surface area contributed by atoms with E-state index < -0.39 is 0 Å². The number of methoxy groups -OCH3 is 1. The molecule has 0 saturated carbocycles. The topological polar surface area (TPSA) is 21.7 Å². The summed E-state index contributed by atoms with van der Waals surface area (Å²) in [4.78, 5) is 2.50. The van der Waals surface area contributed by atoms with E-state index in [2.05, 4.69) is 43.2 Å².